The molecule has 4 N–H and O–H groups in total. The van der Waals surface area contributed by atoms with Crippen molar-refractivity contribution in [1.82, 2.24) is 0 Å². The van der Waals surface area contributed by atoms with Gasteiger partial charge in [-0.15, -0.1) is 0 Å². The SMILES string of the molecule is CC1=CC(=O)CC(C)(C)[C@H]1CC[C@@H](C)O[C@@H]1O[C@H](CO)[C@H](O)[C@H](O)[C@H]1O. The van der Waals surface area contributed by atoms with Gasteiger partial charge in [0, 0.05) is 6.42 Å². The van der Waals surface area contributed by atoms with E-state index in [1.165, 1.54) is 0 Å². The summed E-state index contributed by atoms with van der Waals surface area (Å²) in [5.74, 6) is 0.426. The van der Waals surface area contributed by atoms with Gasteiger partial charge in [-0.1, -0.05) is 19.4 Å². The lowest BCUT2D eigenvalue weighted by molar-refractivity contribution is -0.310. The number of hydrogen-bond acceptors (Lipinski definition) is 7. The minimum Gasteiger partial charge on any atom is -0.394 e. The third-order valence-corrected chi connectivity index (χ3v) is 5.59. The molecule has 1 saturated heterocycles. The van der Waals surface area contributed by atoms with Gasteiger partial charge >= 0.3 is 0 Å². The summed E-state index contributed by atoms with van der Waals surface area (Å²) in [6.45, 7) is 7.53. The van der Waals surface area contributed by atoms with Crippen LogP contribution in [-0.2, 0) is 14.3 Å². The average molecular weight is 372 g/mol. The molecule has 0 bridgehead atoms. The van der Waals surface area contributed by atoms with E-state index in [0.717, 1.165) is 12.0 Å². The number of aliphatic hydroxyl groups excluding tert-OH is 4. The van der Waals surface area contributed by atoms with Crippen LogP contribution >= 0.6 is 0 Å². The molecule has 0 aromatic carbocycles. The fourth-order valence-electron chi connectivity index (χ4n) is 4.09. The lowest BCUT2D eigenvalue weighted by Crippen LogP contribution is -2.59. The quantitative estimate of drug-likeness (QED) is 0.537. The Morgan fingerprint density at radius 1 is 1.27 bits per heavy atom. The van der Waals surface area contributed by atoms with Gasteiger partial charge < -0.3 is 29.9 Å². The second-order valence-corrected chi connectivity index (χ2v) is 8.29. The Hall–Kier alpha value is -0.830. The molecule has 0 aromatic rings. The normalized spacial score (nSPS) is 38.8. The van der Waals surface area contributed by atoms with Gasteiger partial charge in [-0.25, -0.2) is 0 Å². The summed E-state index contributed by atoms with van der Waals surface area (Å²) in [5, 5.41) is 38.9. The first-order chi connectivity index (χ1) is 12.1. The van der Waals surface area contributed by atoms with E-state index in [0.29, 0.717) is 12.8 Å². The van der Waals surface area contributed by atoms with Crippen LogP contribution in [0.1, 0.15) is 47.0 Å². The number of ketones is 1. The third-order valence-electron chi connectivity index (χ3n) is 5.59. The molecule has 1 aliphatic heterocycles. The summed E-state index contributed by atoms with van der Waals surface area (Å²) < 4.78 is 11.1. The molecule has 0 amide bonds. The number of allylic oxidation sites excluding steroid dienone is 2. The van der Waals surface area contributed by atoms with Crippen molar-refractivity contribution in [2.24, 2.45) is 11.3 Å². The Kier molecular flexibility index (Phi) is 6.98. The zero-order chi connectivity index (χ0) is 19.6. The molecule has 1 aliphatic carbocycles. The van der Waals surface area contributed by atoms with Crippen molar-refractivity contribution in [3.8, 4) is 0 Å². The van der Waals surface area contributed by atoms with Crippen LogP contribution in [0.2, 0.25) is 0 Å². The van der Waals surface area contributed by atoms with E-state index in [4.69, 9.17) is 9.47 Å². The molecule has 2 aliphatic rings. The monoisotopic (exact) mass is 372 g/mol. The number of ether oxygens (including phenoxy) is 2. The summed E-state index contributed by atoms with van der Waals surface area (Å²) >= 11 is 0. The number of hydrogen-bond donors (Lipinski definition) is 4. The minimum atomic E-state index is -1.44. The van der Waals surface area contributed by atoms with E-state index in [1.54, 1.807) is 6.08 Å². The van der Waals surface area contributed by atoms with Crippen LogP contribution < -0.4 is 0 Å². The molecule has 0 saturated carbocycles. The van der Waals surface area contributed by atoms with Gasteiger partial charge in [0.05, 0.1) is 12.7 Å². The van der Waals surface area contributed by atoms with Crippen molar-refractivity contribution in [3.05, 3.63) is 11.6 Å². The molecule has 0 aromatic heterocycles. The van der Waals surface area contributed by atoms with Crippen LogP contribution in [0.3, 0.4) is 0 Å². The van der Waals surface area contributed by atoms with Crippen molar-refractivity contribution >= 4 is 5.78 Å². The maximum atomic E-state index is 11.8. The van der Waals surface area contributed by atoms with Gasteiger partial charge in [0.25, 0.3) is 0 Å². The third kappa shape index (κ3) is 4.71. The van der Waals surface area contributed by atoms with Gasteiger partial charge in [0.1, 0.15) is 24.4 Å². The molecule has 0 spiro atoms. The molecular weight excluding hydrogens is 340 g/mol. The van der Waals surface area contributed by atoms with Crippen LogP contribution in [0.15, 0.2) is 11.6 Å². The summed E-state index contributed by atoms with van der Waals surface area (Å²) in [6, 6.07) is 0. The highest BCUT2D eigenvalue weighted by atomic mass is 16.7. The zero-order valence-electron chi connectivity index (χ0n) is 16.0. The predicted octanol–water partition coefficient (Wildman–Crippen LogP) is 0.533. The number of carbonyl (C=O) groups excluding carboxylic acids is 1. The fourth-order valence-corrected chi connectivity index (χ4v) is 4.09. The van der Waals surface area contributed by atoms with Crippen LogP contribution in [0.5, 0.6) is 0 Å². The molecule has 1 heterocycles. The van der Waals surface area contributed by atoms with Gasteiger partial charge in [0.2, 0.25) is 0 Å². The predicted molar refractivity (Wildman–Crippen MR) is 94.2 cm³/mol. The van der Waals surface area contributed by atoms with Crippen LogP contribution in [-0.4, -0.2) is 69.6 Å². The standard InChI is InChI=1S/C19H32O7/c1-10-7-12(21)8-19(3,4)13(10)6-5-11(2)25-18-17(24)16(23)15(22)14(9-20)26-18/h7,11,13-18,20,22-24H,5-6,8-9H2,1-4H3/t11-,13+,14-,15+,16+,17-,18-/m1/s1. The smallest absolute Gasteiger partial charge is 0.186 e. The molecule has 150 valence electrons. The van der Waals surface area contributed by atoms with Crippen LogP contribution in [0, 0.1) is 11.3 Å². The lowest BCUT2D eigenvalue weighted by atomic mass is 9.66. The van der Waals surface area contributed by atoms with E-state index >= 15 is 0 Å². The van der Waals surface area contributed by atoms with Gasteiger partial charge in [-0.2, -0.15) is 0 Å². The molecule has 7 heteroatoms. The molecular formula is C19H32O7. The molecule has 0 unspecified atom stereocenters. The Bertz CT molecular complexity index is 528. The van der Waals surface area contributed by atoms with Gasteiger partial charge in [-0.05, 0) is 44.1 Å². The minimum absolute atomic E-state index is 0.112. The Labute approximate surface area is 154 Å². The molecule has 2 rings (SSSR count). The first kappa shape index (κ1) is 21.5. The molecule has 7 nitrogen and oxygen atoms in total. The molecule has 0 radical (unpaired) electrons. The number of rotatable bonds is 6. The number of aliphatic hydroxyl groups is 4. The first-order valence-electron chi connectivity index (χ1n) is 9.23. The van der Waals surface area contributed by atoms with Crippen molar-refractivity contribution in [2.75, 3.05) is 6.61 Å². The Morgan fingerprint density at radius 3 is 2.50 bits per heavy atom. The molecule has 7 atom stereocenters. The Morgan fingerprint density at radius 2 is 1.92 bits per heavy atom. The number of carbonyl (C=O) groups is 1. The van der Waals surface area contributed by atoms with Gasteiger partial charge in [0.15, 0.2) is 12.1 Å². The summed E-state index contributed by atoms with van der Waals surface area (Å²) in [5.41, 5.74) is 0.963. The maximum Gasteiger partial charge on any atom is 0.186 e. The largest absolute Gasteiger partial charge is 0.394 e. The van der Waals surface area contributed by atoms with E-state index < -0.39 is 37.3 Å². The van der Waals surface area contributed by atoms with E-state index in [9.17, 15) is 25.2 Å². The summed E-state index contributed by atoms with van der Waals surface area (Å²) in [6.07, 6.45) is -2.82. The second kappa shape index (κ2) is 8.46. The molecule has 26 heavy (non-hydrogen) atoms. The van der Waals surface area contributed by atoms with Crippen LogP contribution in [0.4, 0.5) is 0 Å². The van der Waals surface area contributed by atoms with E-state index in [-0.39, 0.29) is 23.2 Å². The highest BCUT2D eigenvalue weighted by molar-refractivity contribution is 5.91. The van der Waals surface area contributed by atoms with Crippen molar-refractivity contribution in [3.63, 3.8) is 0 Å². The maximum absolute atomic E-state index is 11.8. The average Bonchev–Trinajstić information content (AvgIpc) is 2.53. The second-order valence-electron chi connectivity index (χ2n) is 8.29. The fraction of sp³-hybridized carbons (Fsp3) is 0.842. The molecule has 1 fully saturated rings. The van der Waals surface area contributed by atoms with E-state index in [2.05, 4.69) is 13.8 Å². The highest BCUT2D eigenvalue weighted by Crippen LogP contribution is 2.42. The Balaban J connectivity index is 1.93. The topological polar surface area (TPSA) is 116 Å². The van der Waals surface area contributed by atoms with Crippen molar-refractivity contribution in [1.29, 1.82) is 0 Å². The van der Waals surface area contributed by atoms with Crippen LogP contribution in [0.25, 0.3) is 0 Å². The van der Waals surface area contributed by atoms with E-state index in [1.807, 2.05) is 13.8 Å². The zero-order valence-corrected chi connectivity index (χ0v) is 16.0. The van der Waals surface area contributed by atoms with Crippen molar-refractivity contribution in [2.45, 2.75) is 83.8 Å². The first-order valence-corrected chi connectivity index (χ1v) is 9.23. The lowest BCUT2D eigenvalue weighted by Gasteiger charge is -2.41. The summed E-state index contributed by atoms with van der Waals surface area (Å²) in [7, 11) is 0. The highest BCUT2D eigenvalue weighted by Gasteiger charge is 2.44. The van der Waals surface area contributed by atoms with Gasteiger partial charge in [-0.3, -0.25) is 4.79 Å². The summed E-state index contributed by atoms with van der Waals surface area (Å²) in [4.78, 5) is 11.8. The van der Waals surface area contributed by atoms with Crippen molar-refractivity contribution < 1.29 is 34.7 Å².